The van der Waals surface area contributed by atoms with Gasteiger partial charge in [0, 0.05) is 5.39 Å². The van der Waals surface area contributed by atoms with Crippen molar-refractivity contribution in [1.29, 1.82) is 5.26 Å². The predicted octanol–water partition coefficient (Wildman–Crippen LogP) is 6.50. The van der Waals surface area contributed by atoms with Crippen LogP contribution in [0.2, 0.25) is 10.0 Å². The molecular weight excluding hydrogens is 578 g/mol. The van der Waals surface area contributed by atoms with Gasteiger partial charge in [-0.1, -0.05) is 23.2 Å². The van der Waals surface area contributed by atoms with Crippen LogP contribution in [0.5, 0.6) is 11.5 Å². The number of aromatic amines is 1. The molecule has 0 spiro atoms. The van der Waals surface area contributed by atoms with Crippen LogP contribution in [0.4, 0.5) is 13.2 Å². The average molecular weight is 590 g/mol. The molecule has 0 aliphatic heterocycles. The van der Waals surface area contributed by atoms with Crippen molar-refractivity contribution in [3.05, 3.63) is 95.5 Å². The first-order valence-corrected chi connectivity index (χ1v) is 12.4. The first kappa shape index (κ1) is 26.4. The Kier molecular flexibility index (Phi) is 6.67. The molecule has 14 heteroatoms. The van der Waals surface area contributed by atoms with Crippen LogP contribution in [0.15, 0.2) is 58.1 Å². The van der Waals surface area contributed by atoms with Gasteiger partial charge in [0.05, 0.1) is 31.8 Å². The summed E-state index contributed by atoms with van der Waals surface area (Å²) in [6, 6.07) is 13.3. The smallest absolute Gasteiger partial charge is 0.425 e. The molecule has 0 aliphatic carbocycles. The van der Waals surface area contributed by atoms with E-state index in [2.05, 4.69) is 10.1 Å². The standard InChI is InChI=1S/C25H12Cl2F3N5O3S/c1-11-6-18(20-4-5-21(39-20)25(28,29)30)32-17-3-2-13(9-14(11)17)38-22-15(26)7-12(8-16(22)27)35-24(37)33-23(36)19(10-31)34-35/h2-9H,1H3,(H,33,36,37). The minimum atomic E-state index is -4.42. The topological polar surface area (TPSA) is 114 Å². The number of benzene rings is 2. The minimum absolute atomic E-state index is 0.0133. The Morgan fingerprint density at radius 3 is 2.44 bits per heavy atom. The Morgan fingerprint density at radius 2 is 1.79 bits per heavy atom. The van der Waals surface area contributed by atoms with Crippen molar-refractivity contribution in [2.24, 2.45) is 0 Å². The van der Waals surface area contributed by atoms with Gasteiger partial charge in [-0.05, 0) is 61.0 Å². The fourth-order valence-corrected chi connectivity index (χ4v) is 5.11. The van der Waals surface area contributed by atoms with E-state index < -0.39 is 28.0 Å². The van der Waals surface area contributed by atoms with Gasteiger partial charge in [0.15, 0.2) is 5.75 Å². The highest BCUT2D eigenvalue weighted by molar-refractivity contribution is 7.15. The van der Waals surface area contributed by atoms with Crippen molar-refractivity contribution in [3.8, 4) is 33.8 Å². The van der Waals surface area contributed by atoms with Crippen molar-refractivity contribution >= 4 is 45.4 Å². The number of hydrogen-bond acceptors (Lipinski definition) is 7. The van der Waals surface area contributed by atoms with Crippen LogP contribution < -0.4 is 16.0 Å². The summed E-state index contributed by atoms with van der Waals surface area (Å²) in [5.41, 5.74) is -0.537. The highest BCUT2D eigenvalue weighted by Crippen LogP contribution is 2.40. The Hall–Kier alpha value is -4.18. The molecule has 0 atom stereocenters. The Morgan fingerprint density at radius 1 is 1.08 bits per heavy atom. The molecule has 39 heavy (non-hydrogen) atoms. The van der Waals surface area contributed by atoms with E-state index in [9.17, 15) is 22.8 Å². The fraction of sp³-hybridized carbons (Fsp3) is 0.0800. The van der Waals surface area contributed by atoms with Gasteiger partial charge in [0.25, 0.3) is 5.56 Å². The largest absolute Gasteiger partial charge is 0.454 e. The van der Waals surface area contributed by atoms with Crippen LogP contribution >= 0.6 is 34.5 Å². The molecule has 0 amide bonds. The van der Waals surface area contributed by atoms with Gasteiger partial charge >= 0.3 is 11.9 Å². The Labute approximate surface area is 230 Å². The predicted molar refractivity (Wildman–Crippen MR) is 140 cm³/mol. The van der Waals surface area contributed by atoms with E-state index in [0.29, 0.717) is 38.6 Å². The average Bonchev–Trinajstić information content (AvgIpc) is 3.38. The van der Waals surface area contributed by atoms with Gasteiger partial charge in [-0.2, -0.15) is 23.1 Å². The third-order valence-electron chi connectivity index (χ3n) is 5.51. The summed E-state index contributed by atoms with van der Waals surface area (Å²) in [5.74, 6) is 0.415. The van der Waals surface area contributed by atoms with Gasteiger partial charge in [-0.25, -0.2) is 9.78 Å². The van der Waals surface area contributed by atoms with Gasteiger partial charge in [0.2, 0.25) is 5.69 Å². The number of nitriles is 1. The lowest BCUT2D eigenvalue weighted by Gasteiger charge is -2.13. The Balaban J connectivity index is 1.48. The molecule has 2 aromatic carbocycles. The number of halogens is 5. The van der Waals surface area contributed by atoms with Crippen LogP contribution in [0.25, 0.3) is 27.2 Å². The number of aryl methyl sites for hydroxylation is 1. The maximum atomic E-state index is 13.0. The first-order chi connectivity index (χ1) is 18.4. The van der Waals surface area contributed by atoms with Crippen molar-refractivity contribution in [1.82, 2.24) is 19.7 Å². The third kappa shape index (κ3) is 5.12. The number of ether oxygens (including phenoxy) is 1. The summed E-state index contributed by atoms with van der Waals surface area (Å²) in [7, 11) is 0. The second-order valence-corrected chi connectivity index (χ2v) is 10.0. The molecule has 0 unspecified atom stereocenters. The zero-order valence-corrected chi connectivity index (χ0v) is 21.8. The molecule has 196 valence electrons. The molecule has 3 heterocycles. The number of pyridine rings is 1. The summed E-state index contributed by atoms with van der Waals surface area (Å²) in [4.78, 5) is 30.0. The van der Waals surface area contributed by atoms with Crippen LogP contribution in [0, 0.1) is 18.3 Å². The molecule has 1 N–H and O–H groups in total. The monoisotopic (exact) mass is 589 g/mol. The number of nitrogens with one attached hydrogen (secondary N) is 1. The van der Waals surface area contributed by atoms with E-state index in [4.69, 9.17) is 33.2 Å². The number of alkyl halides is 3. The molecule has 5 rings (SSSR count). The van der Waals surface area contributed by atoms with Gasteiger partial charge in [-0.15, -0.1) is 16.4 Å². The lowest BCUT2D eigenvalue weighted by atomic mass is 10.1. The lowest BCUT2D eigenvalue weighted by molar-refractivity contribution is -0.134. The minimum Gasteiger partial charge on any atom is -0.454 e. The second-order valence-electron chi connectivity index (χ2n) is 8.14. The fourth-order valence-electron chi connectivity index (χ4n) is 3.72. The summed E-state index contributed by atoms with van der Waals surface area (Å²) in [5, 5.41) is 13.5. The van der Waals surface area contributed by atoms with Crippen molar-refractivity contribution < 1.29 is 17.9 Å². The third-order valence-corrected chi connectivity index (χ3v) is 7.22. The molecular formula is C25H12Cl2F3N5O3S. The lowest BCUT2D eigenvalue weighted by Crippen LogP contribution is -2.33. The number of nitrogens with zero attached hydrogens (tertiary/aromatic N) is 4. The van der Waals surface area contributed by atoms with E-state index in [0.717, 1.165) is 16.3 Å². The van der Waals surface area contributed by atoms with E-state index in [1.54, 1.807) is 37.3 Å². The molecule has 3 aromatic heterocycles. The summed E-state index contributed by atoms with van der Waals surface area (Å²) in [6.07, 6.45) is -4.42. The number of hydrogen-bond donors (Lipinski definition) is 1. The van der Waals surface area contributed by atoms with Crippen molar-refractivity contribution in [2.75, 3.05) is 0 Å². The molecule has 0 saturated carbocycles. The zero-order valence-electron chi connectivity index (χ0n) is 19.4. The van der Waals surface area contributed by atoms with Crippen LogP contribution in [-0.2, 0) is 6.18 Å². The SMILES string of the molecule is Cc1cc(-c2ccc(C(F)(F)F)s2)nc2ccc(Oc3c(Cl)cc(-n4nc(C#N)c(=O)[nH]c4=O)cc3Cl)cc12. The molecule has 0 aliphatic rings. The number of fused-ring (bicyclic) bond motifs is 1. The van der Waals surface area contributed by atoms with Gasteiger partial charge in [0.1, 0.15) is 16.7 Å². The number of H-pyrrole nitrogens is 1. The molecule has 0 bridgehead atoms. The zero-order chi connectivity index (χ0) is 28.1. The summed E-state index contributed by atoms with van der Waals surface area (Å²) >= 11 is 13.4. The van der Waals surface area contributed by atoms with E-state index in [1.807, 2.05) is 4.98 Å². The number of aromatic nitrogens is 4. The molecule has 0 fully saturated rings. The van der Waals surface area contributed by atoms with Crippen LogP contribution in [0.1, 0.15) is 16.1 Å². The van der Waals surface area contributed by atoms with Crippen molar-refractivity contribution in [2.45, 2.75) is 13.1 Å². The normalized spacial score (nSPS) is 11.5. The second kappa shape index (κ2) is 9.85. The molecule has 8 nitrogen and oxygen atoms in total. The van der Waals surface area contributed by atoms with E-state index in [1.165, 1.54) is 18.2 Å². The summed E-state index contributed by atoms with van der Waals surface area (Å²) in [6.45, 7) is 1.80. The highest BCUT2D eigenvalue weighted by Gasteiger charge is 2.32. The molecule has 0 saturated heterocycles. The van der Waals surface area contributed by atoms with Crippen LogP contribution in [-0.4, -0.2) is 19.7 Å². The molecule has 0 radical (unpaired) electrons. The molecule has 5 aromatic rings. The number of rotatable bonds is 4. The quantitative estimate of drug-likeness (QED) is 0.256. The van der Waals surface area contributed by atoms with E-state index in [-0.39, 0.29) is 21.5 Å². The van der Waals surface area contributed by atoms with Crippen molar-refractivity contribution in [3.63, 3.8) is 0 Å². The first-order valence-electron chi connectivity index (χ1n) is 10.8. The number of thiophene rings is 1. The van der Waals surface area contributed by atoms with Gasteiger partial charge in [-0.3, -0.25) is 9.78 Å². The van der Waals surface area contributed by atoms with E-state index >= 15 is 0 Å². The maximum Gasteiger partial charge on any atom is 0.425 e. The van der Waals surface area contributed by atoms with Crippen LogP contribution in [0.3, 0.4) is 0 Å². The summed E-state index contributed by atoms with van der Waals surface area (Å²) < 4.78 is 45.7. The van der Waals surface area contributed by atoms with Gasteiger partial charge < -0.3 is 4.74 Å². The maximum absolute atomic E-state index is 13.0. The Bertz CT molecular complexity index is 1920. The highest BCUT2D eigenvalue weighted by atomic mass is 35.5.